The molecule has 0 saturated carbocycles. The molecule has 1 atom stereocenters. The first kappa shape index (κ1) is 28.2. The molecule has 4 N–H and O–H groups in total. The van der Waals surface area contributed by atoms with Gasteiger partial charge in [0, 0.05) is 18.7 Å². The molecular formula is C29H33FN4O4. The van der Waals surface area contributed by atoms with Gasteiger partial charge in [0.25, 0.3) is 5.91 Å². The number of rotatable bonds is 13. The lowest BCUT2D eigenvalue weighted by atomic mass is 10.0. The molecule has 0 saturated heterocycles. The van der Waals surface area contributed by atoms with Crippen LogP contribution in [0.5, 0.6) is 11.5 Å². The van der Waals surface area contributed by atoms with E-state index >= 15 is 0 Å². The van der Waals surface area contributed by atoms with Crippen molar-refractivity contribution >= 4 is 17.6 Å². The van der Waals surface area contributed by atoms with Crippen molar-refractivity contribution in [2.75, 3.05) is 27.4 Å². The molecule has 9 heteroatoms. The Labute approximate surface area is 222 Å². The van der Waals surface area contributed by atoms with Crippen molar-refractivity contribution in [2.45, 2.75) is 25.4 Å². The second-order valence-electron chi connectivity index (χ2n) is 8.52. The number of halogens is 1. The van der Waals surface area contributed by atoms with Gasteiger partial charge in [0.1, 0.15) is 30.1 Å². The quantitative estimate of drug-likeness (QED) is 0.154. The largest absolute Gasteiger partial charge is 0.496 e. The number of amides is 2. The predicted molar refractivity (Wildman–Crippen MR) is 145 cm³/mol. The van der Waals surface area contributed by atoms with Crippen molar-refractivity contribution < 1.29 is 23.5 Å². The number of carbonyl (C=O) groups excluding carboxylic acids is 2. The van der Waals surface area contributed by atoms with E-state index in [2.05, 4.69) is 16.0 Å². The summed E-state index contributed by atoms with van der Waals surface area (Å²) in [5.41, 5.74) is 2.87. The zero-order valence-electron chi connectivity index (χ0n) is 21.6. The highest BCUT2D eigenvalue weighted by molar-refractivity contribution is 6.00. The fraction of sp³-hybridized carbons (Fsp3) is 0.276. The molecule has 0 aliphatic rings. The lowest BCUT2D eigenvalue weighted by molar-refractivity contribution is -0.123. The summed E-state index contributed by atoms with van der Waals surface area (Å²) >= 11 is 0. The maximum Gasteiger partial charge on any atom is 0.255 e. The van der Waals surface area contributed by atoms with Crippen LogP contribution in [-0.2, 0) is 11.3 Å². The Balaban J connectivity index is 1.77. The minimum Gasteiger partial charge on any atom is -0.496 e. The summed E-state index contributed by atoms with van der Waals surface area (Å²) in [7, 11) is 3.04. The van der Waals surface area contributed by atoms with Gasteiger partial charge < -0.3 is 25.4 Å². The third kappa shape index (κ3) is 7.80. The fourth-order valence-corrected chi connectivity index (χ4v) is 3.95. The first-order valence-electron chi connectivity index (χ1n) is 12.3. The van der Waals surface area contributed by atoms with E-state index in [4.69, 9.17) is 14.9 Å². The van der Waals surface area contributed by atoms with E-state index in [-0.39, 0.29) is 24.7 Å². The van der Waals surface area contributed by atoms with Gasteiger partial charge in [0.15, 0.2) is 0 Å². The first-order chi connectivity index (χ1) is 18.5. The molecular weight excluding hydrogens is 487 g/mol. The van der Waals surface area contributed by atoms with Crippen LogP contribution in [0.3, 0.4) is 0 Å². The summed E-state index contributed by atoms with van der Waals surface area (Å²) in [5, 5.41) is 15.8. The minimum absolute atomic E-state index is 0.215. The minimum atomic E-state index is -0.892. The monoisotopic (exact) mass is 520 g/mol. The van der Waals surface area contributed by atoms with Gasteiger partial charge in [-0.1, -0.05) is 54.6 Å². The third-order valence-corrected chi connectivity index (χ3v) is 5.96. The Hall–Kier alpha value is -4.40. The zero-order valence-corrected chi connectivity index (χ0v) is 21.6. The van der Waals surface area contributed by atoms with Crippen molar-refractivity contribution in [3.63, 3.8) is 0 Å². The molecule has 3 rings (SSSR count). The number of ether oxygens (including phenoxy) is 2. The summed E-state index contributed by atoms with van der Waals surface area (Å²) in [4.78, 5) is 26.6. The zero-order chi connectivity index (χ0) is 27.3. The van der Waals surface area contributed by atoms with E-state index in [9.17, 15) is 14.0 Å². The molecule has 200 valence electrons. The van der Waals surface area contributed by atoms with Crippen molar-refractivity contribution in [2.24, 2.45) is 0 Å². The lowest BCUT2D eigenvalue weighted by Gasteiger charge is -2.20. The fourth-order valence-electron chi connectivity index (χ4n) is 3.95. The maximum atomic E-state index is 13.4. The smallest absolute Gasteiger partial charge is 0.255 e. The predicted octanol–water partition coefficient (Wildman–Crippen LogP) is 4.10. The molecule has 0 spiro atoms. The van der Waals surface area contributed by atoms with Gasteiger partial charge in [-0.05, 0) is 42.2 Å². The van der Waals surface area contributed by atoms with E-state index in [1.54, 1.807) is 25.3 Å². The Morgan fingerprint density at radius 1 is 0.895 bits per heavy atom. The average molecular weight is 521 g/mol. The van der Waals surface area contributed by atoms with E-state index in [1.165, 1.54) is 7.11 Å². The number of para-hydroxylation sites is 1. The summed E-state index contributed by atoms with van der Waals surface area (Å²) < 4.78 is 23.4. The first-order valence-corrected chi connectivity index (χ1v) is 12.3. The highest BCUT2D eigenvalue weighted by atomic mass is 19.1. The molecule has 0 radical (unpaired) electrons. The van der Waals surface area contributed by atoms with Crippen molar-refractivity contribution in [3.8, 4) is 22.6 Å². The number of carbonyl (C=O) groups is 2. The van der Waals surface area contributed by atoms with Gasteiger partial charge in [-0.25, -0.2) is 4.39 Å². The molecule has 0 aliphatic carbocycles. The Morgan fingerprint density at radius 2 is 1.61 bits per heavy atom. The van der Waals surface area contributed by atoms with Gasteiger partial charge in [0.2, 0.25) is 5.91 Å². The molecule has 38 heavy (non-hydrogen) atoms. The second-order valence-corrected chi connectivity index (χ2v) is 8.52. The highest BCUT2D eigenvalue weighted by Crippen LogP contribution is 2.27. The van der Waals surface area contributed by atoms with E-state index in [0.717, 1.165) is 16.7 Å². The lowest BCUT2D eigenvalue weighted by Crippen LogP contribution is -2.47. The van der Waals surface area contributed by atoms with Crippen molar-refractivity contribution in [3.05, 3.63) is 83.9 Å². The molecule has 0 heterocycles. The molecule has 3 aromatic rings. The topological polar surface area (TPSA) is 113 Å². The molecule has 3 aromatic carbocycles. The number of nitrogens with one attached hydrogen (secondary N) is 4. The van der Waals surface area contributed by atoms with Crippen LogP contribution in [0, 0.1) is 5.41 Å². The number of alkyl halides is 1. The van der Waals surface area contributed by atoms with E-state index < -0.39 is 18.6 Å². The Morgan fingerprint density at radius 3 is 2.32 bits per heavy atom. The summed E-state index contributed by atoms with van der Waals surface area (Å²) in [5.74, 6) is -0.0311. The highest BCUT2D eigenvalue weighted by Gasteiger charge is 2.23. The number of hydrogen-bond donors (Lipinski definition) is 4. The van der Waals surface area contributed by atoms with Crippen LogP contribution in [0.1, 0.15) is 28.8 Å². The van der Waals surface area contributed by atoms with Crippen LogP contribution >= 0.6 is 0 Å². The summed E-state index contributed by atoms with van der Waals surface area (Å²) in [6.45, 7) is -0.383. The Bertz CT molecular complexity index is 1240. The average Bonchev–Trinajstić information content (AvgIpc) is 2.97. The number of amidine groups is 1. The van der Waals surface area contributed by atoms with Crippen LogP contribution in [0.4, 0.5) is 4.39 Å². The van der Waals surface area contributed by atoms with Crippen LogP contribution in [-0.4, -0.2) is 51.1 Å². The van der Waals surface area contributed by atoms with E-state index in [1.807, 2.05) is 54.6 Å². The SMILES string of the molecule is COc1ccccc1CNC(=O)[C@H](CCCNC(=N)CF)NC(=O)c1cc(-c2ccccc2)ccc1OC. The molecule has 2 amide bonds. The van der Waals surface area contributed by atoms with Crippen LogP contribution < -0.4 is 25.4 Å². The summed E-state index contributed by atoms with van der Waals surface area (Å²) in [6, 6.07) is 21.4. The maximum absolute atomic E-state index is 13.4. The molecule has 0 unspecified atom stereocenters. The standard InChI is InChI=1S/C29H33FN4O4/c1-37-25-13-7-6-11-22(25)19-33-29(36)24(12-8-16-32-27(31)18-30)34-28(35)23-17-21(14-15-26(23)38-2)20-9-4-3-5-10-20/h3-7,9-11,13-15,17,24H,8,12,16,18-19H2,1-2H3,(H2,31,32)(H,33,36)(H,34,35)/t24-/m0/s1. The normalized spacial score (nSPS) is 11.2. The van der Waals surface area contributed by atoms with Gasteiger partial charge in [-0.2, -0.15) is 0 Å². The molecule has 0 bridgehead atoms. The van der Waals surface area contributed by atoms with Gasteiger partial charge in [-0.3, -0.25) is 15.0 Å². The van der Waals surface area contributed by atoms with Gasteiger partial charge >= 0.3 is 0 Å². The molecule has 8 nitrogen and oxygen atoms in total. The van der Waals surface area contributed by atoms with Crippen LogP contribution in [0.15, 0.2) is 72.8 Å². The second kappa shape index (κ2) is 14.4. The van der Waals surface area contributed by atoms with Crippen molar-refractivity contribution in [1.82, 2.24) is 16.0 Å². The molecule has 0 aliphatic heterocycles. The molecule has 0 fully saturated rings. The number of methoxy groups -OCH3 is 2. The number of benzene rings is 3. The third-order valence-electron chi connectivity index (χ3n) is 5.96. The number of hydrogen-bond acceptors (Lipinski definition) is 5. The van der Waals surface area contributed by atoms with Crippen LogP contribution in [0.25, 0.3) is 11.1 Å². The summed E-state index contributed by atoms with van der Waals surface area (Å²) in [6.07, 6.45) is 0.702. The van der Waals surface area contributed by atoms with E-state index in [0.29, 0.717) is 30.0 Å². The van der Waals surface area contributed by atoms with Gasteiger partial charge in [-0.15, -0.1) is 0 Å². The van der Waals surface area contributed by atoms with Crippen LogP contribution in [0.2, 0.25) is 0 Å². The molecule has 0 aromatic heterocycles. The Kier molecular flexibility index (Phi) is 10.7. The van der Waals surface area contributed by atoms with Crippen molar-refractivity contribution in [1.29, 1.82) is 5.41 Å². The van der Waals surface area contributed by atoms with Gasteiger partial charge in [0.05, 0.1) is 19.8 Å².